The zero-order valence-corrected chi connectivity index (χ0v) is 21.6. The van der Waals surface area contributed by atoms with Gasteiger partial charge in [-0.1, -0.05) is 61.4 Å². The molecule has 1 heterocycles. The molecule has 2 aliphatic carbocycles. The predicted molar refractivity (Wildman–Crippen MR) is 148 cm³/mol. The molecule has 35 heavy (non-hydrogen) atoms. The first-order valence-corrected chi connectivity index (χ1v) is 13.6. The summed E-state index contributed by atoms with van der Waals surface area (Å²) in [6.07, 6.45) is 13.8. The van der Waals surface area contributed by atoms with Gasteiger partial charge >= 0.3 is 0 Å². The van der Waals surface area contributed by atoms with E-state index in [0.29, 0.717) is 5.41 Å². The number of fused-ring (bicyclic) bond motifs is 1. The van der Waals surface area contributed by atoms with Crippen LogP contribution in [0.1, 0.15) is 74.0 Å². The number of benzene rings is 3. The molecule has 0 N–H and O–H groups in total. The van der Waals surface area contributed by atoms with Crippen LogP contribution in [0.3, 0.4) is 0 Å². The van der Waals surface area contributed by atoms with Crippen molar-refractivity contribution in [3.05, 3.63) is 89.6 Å². The summed E-state index contributed by atoms with van der Waals surface area (Å²) in [7, 11) is 2.15. The molecule has 0 radical (unpaired) electrons. The third kappa shape index (κ3) is 4.20. The minimum Gasteiger partial charge on any atom is -0.201 e. The highest BCUT2D eigenvalue weighted by molar-refractivity contribution is 5.88. The second kappa shape index (κ2) is 8.94. The van der Waals surface area contributed by atoms with E-state index in [1.807, 2.05) is 0 Å². The minimum atomic E-state index is 0.712. The Bertz CT molecular complexity index is 1380. The SMILES string of the molecule is Cc1c[n+](C)c(-c2ccccc2C)cc1-c1ccc2cc(C3CCC4(CCCC4)CC3)ccc2c1. The topological polar surface area (TPSA) is 3.88 Å². The first kappa shape index (κ1) is 22.5. The van der Waals surface area contributed by atoms with Crippen LogP contribution in [0.25, 0.3) is 33.2 Å². The van der Waals surface area contributed by atoms with Crippen LogP contribution in [0.4, 0.5) is 0 Å². The molecule has 1 aromatic heterocycles. The van der Waals surface area contributed by atoms with Crippen LogP contribution in [-0.4, -0.2) is 0 Å². The Morgan fingerprint density at radius 3 is 2.20 bits per heavy atom. The van der Waals surface area contributed by atoms with Gasteiger partial charge in [-0.05, 0) is 109 Å². The second-order valence-corrected chi connectivity index (χ2v) is 11.5. The van der Waals surface area contributed by atoms with Crippen molar-refractivity contribution >= 4 is 10.8 Å². The Morgan fingerprint density at radius 2 is 1.43 bits per heavy atom. The van der Waals surface area contributed by atoms with E-state index in [0.717, 1.165) is 5.92 Å². The van der Waals surface area contributed by atoms with Crippen molar-refractivity contribution < 1.29 is 4.57 Å². The number of rotatable bonds is 3. The Morgan fingerprint density at radius 1 is 0.714 bits per heavy atom. The molecule has 0 atom stereocenters. The van der Waals surface area contributed by atoms with E-state index in [9.17, 15) is 0 Å². The molecule has 3 aromatic carbocycles. The molecule has 0 bridgehead atoms. The zero-order valence-electron chi connectivity index (χ0n) is 21.6. The Labute approximate surface area is 210 Å². The van der Waals surface area contributed by atoms with Crippen molar-refractivity contribution in [2.24, 2.45) is 12.5 Å². The van der Waals surface area contributed by atoms with Crippen molar-refractivity contribution in [1.82, 2.24) is 0 Å². The van der Waals surface area contributed by atoms with Crippen LogP contribution in [0.2, 0.25) is 0 Å². The summed E-state index contributed by atoms with van der Waals surface area (Å²) in [5.74, 6) is 0.748. The van der Waals surface area contributed by atoms with E-state index >= 15 is 0 Å². The number of pyridine rings is 1. The molecule has 4 aromatic rings. The predicted octanol–water partition coefficient (Wildman–Crippen LogP) is 8.83. The Balaban J connectivity index is 1.30. The average Bonchev–Trinajstić information content (AvgIpc) is 3.32. The van der Waals surface area contributed by atoms with Crippen molar-refractivity contribution in [3.8, 4) is 22.4 Å². The maximum absolute atomic E-state index is 2.48. The van der Waals surface area contributed by atoms with Gasteiger partial charge in [0.2, 0.25) is 5.69 Å². The van der Waals surface area contributed by atoms with Crippen LogP contribution >= 0.6 is 0 Å². The normalized spacial score (nSPS) is 17.9. The molecule has 1 heteroatoms. The van der Waals surface area contributed by atoms with Gasteiger partial charge in [0, 0.05) is 17.2 Å². The summed E-state index contributed by atoms with van der Waals surface area (Å²) in [5, 5.41) is 2.73. The van der Waals surface area contributed by atoms with Gasteiger partial charge in [-0.25, -0.2) is 4.57 Å². The van der Waals surface area contributed by atoms with Crippen molar-refractivity contribution in [3.63, 3.8) is 0 Å². The zero-order chi connectivity index (χ0) is 24.0. The molecule has 0 aliphatic heterocycles. The standard InChI is InChI=1S/C34H38N/c1-24-8-4-5-9-31(24)33-22-32(25(2)23-35(33)3)30-13-12-28-20-27(10-11-29(28)21-30)26-14-18-34(19-15-26)16-6-7-17-34/h4-5,8-13,20-23,26H,6-7,14-19H2,1-3H3/q+1. The van der Waals surface area contributed by atoms with Crippen molar-refractivity contribution in [2.75, 3.05) is 0 Å². The fourth-order valence-corrected chi connectivity index (χ4v) is 7.10. The van der Waals surface area contributed by atoms with Gasteiger partial charge in [0.1, 0.15) is 7.05 Å². The van der Waals surface area contributed by atoms with Gasteiger partial charge in [-0.15, -0.1) is 0 Å². The fraction of sp³-hybridized carbons (Fsp3) is 0.382. The Hall–Kier alpha value is -2.93. The average molecular weight is 461 g/mol. The maximum Gasteiger partial charge on any atom is 0.213 e. The molecule has 2 saturated carbocycles. The second-order valence-electron chi connectivity index (χ2n) is 11.5. The van der Waals surface area contributed by atoms with Gasteiger partial charge in [0.05, 0.1) is 0 Å². The van der Waals surface area contributed by atoms with E-state index in [-0.39, 0.29) is 0 Å². The quantitative estimate of drug-likeness (QED) is 0.269. The molecule has 2 fully saturated rings. The first-order chi connectivity index (χ1) is 17.0. The summed E-state index contributed by atoms with van der Waals surface area (Å²) >= 11 is 0. The van der Waals surface area contributed by atoms with Gasteiger partial charge in [-0.2, -0.15) is 0 Å². The highest BCUT2D eigenvalue weighted by Gasteiger charge is 2.37. The van der Waals surface area contributed by atoms with E-state index in [1.165, 1.54) is 95.7 Å². The fourth-order valence-electron chi connectivity index (χ4n) is 7.10. The van der Waals surface area contributed by atoms with Crippen LogP contribution < -0.4 is 4.57 Å². The molecule has 0 unspecified atom stereocenters. The molecule has 6 rings (SSSR count). The van der Waals surface area contributed by atoms with Gasteiger partial charge in [0.15, 0.2) is 6.20 Å². The van der Waals surface area contributed by atoms with Crippen molar-refractivity contribution in [2.45, 2.75) is 71.1 Å². The Kier molecular flexibility index (Phi) is 5.75. The lowest BCUT2D eigenvalue weighted by atomic mass is 9.68. The maximum atomic E-state index is 2.48. The number of hydrogen-bond acceptors (Lipinski definition) is 0. The molecule has 2 aliphatic rings. The molecule has 0 amide bonds. The van der Waals surface area contributed by atoms with Crippen LogP contribution in [-0.2, 0) is 7.05 Å². The largest absolute Gasteiger partial charge is 0.213 e. The molecular formula is C34H38N+. The lowest BCUT2D eigenvalue weighted by molar-refractivity contribution is -0.660. The smallest absolute Gasteiger partial charge is 0.201 e. The van der Waals surface area contributed by atoms with E-state index in [4.69, 9.17) is 0 Å². The molecular weight excluding hydrogens is 422 g/mol. The monoisotopic (exact) mass is 460 g/mol. The highest BCUT2D eigenvalue weighted by Crippen LogP contribution is 2.52. The summed E-state index contributed by atoms with van der Waals surface area (Å²) in [6.45, 7) is 4.42. The van der Waals surface area contributed by atoms with Crippen molar-refractivity contribution in [1.29, 1.82) is 0 Å². The number of aromatic nitrogens is 1. The van der Waals surface area contributed by atoms with Gasteiger partial charge in [0.25, 0.3) is 0 Å². The minimum absolute atomic E-state index is 0.712. The number of aryl methyl sites for hydroxylation is 3. The molecule has 1 spiro atoms. The van der Waals surface area contributed by atoms with Crippen LogP contribution in [0, 0.1) is 19.3 Å². The van der Waals surface area contributed by atoms with Gasteiger partial charge in [-0.3, -0.25) is 0 Å². The first-order valence-electron chi connectivity index (χ1n) is 13.6. The summed E-state index contributed by atoms with van der Waals surface area (Å²) < 4.78 is 2.26. The third-order valence-corrected chi connectivity index (χ3v) is 9.25. The summed E-state index contributed by atoms with van der Waals surface area (Å²) in [6, 6.07) is 25.4. The van der Waals surface area contributed by atoms with Crippen LogP contribution in [0.15, 0.2) is 72.9 Å². The van der Waals surface area contributed by atoms with Crippen LogP contribution in [0.5, 0.6) is 0 Å². The summed E-state index contributed by atoms with van der Waals surface area (Å²) in [4.78, 5) is 0. The molecule has 1 nitrogen and oxygen atoms in total. The number of nitrogens with zero attached hydrogens (tertiary/aromatic N) is 1. The highest BCUT2D eigenvalue weighted by atomic mass is 14.9. The third-order valence-electron chi connectivity index (χ3n) is 9.25. The van der Waals surface area contributed by atoms with E-state index in [1.54, 1.807) is 5.56 Å². The van der Waals surface area contributed by atoms with E-state index < -0.39 is 0 Å². The number of hydrogen-bond donors (Lipinski definition) is 0. The molecule has 178 valence electrons. The lowest BCUT2D eigenvalue weighted by Gasteiger charge is -2.37. The van der Waals surface area contributed by atoms with E-state index in [2.05, 4.69) is 98.4 Å². The van der Waals surface area contributed by atoms with Gasteiger partial charge < -0.3 is 0 Å². The lowest BCUT2D eigenvalue weighted by Crippen LogP contribution is -2.31. The summed E-state index contributed by atoms with van der Waals surface area (Å²) in [5.41, 5.74) is 10.1. The molecule has 0 saturated heterocycles.